The van der Waals surface area contributed by atoms with Crippen molar-refractivity contribution >= 4 is 15.9 Å². The van der Waals surface area contributed by atoms with Crippen LogP contribution in [0.5, 0.6) is 0 Å². The maximum absolute atomic E-state index is 9.48. The molecule has 0 saturated heterocycles. The van der Waals surface area contributed by atoms with Crippen LogP contribution in [0.3, 0.4) is 0 Å². The number of aliphatic hydroxyl groups is 1. The van der Waals surface area contributed by atoms with Crippen molar-refractivity contribution in [3.63, 3.8) is 0 Å². The Morgan fingerprint density at radius 2 is 2.00 bits per heavy atom. The Kier molecular flexibility index (Phi) is 5.86. The van der Waals surface area contributed by atoms with Crippen LogP contribution in [0.25, 0.3) is 0 Å². The first-order chi connectivity index (χ1) is 9.15. The molecule has 0 heterocycles. The number of halogens is 1. The van der Waals surface area contributed by atoms with Gasteiger partial charge in [-0.25, -0.2) is 0 Å². The Morgan fingerprint density at radius 1 is 1.26 bits per heavy atom. The Hall–Kier alpha value is -0.380. The molecule has 1 aromatic rings. The molecule has 0 aliphatic heterocycles. The van der Waals surface area contributed by atoms with E-state index in [1.165, 1.54) is 24.0 Å². The highest BCUT2D eigenvalue weighted by molar-refractivity contribution is 9.10. The second-order valence-electron chi connectivity index (χ2n) is 5.70. The highest BCUT2D eigenvalue weighted by Gasteiger charge is 2.18. The zero-order valence-electron chi connectivity index (χ0n) is 11.7. The van der Waals surface area contributed by atoms with Crippen LogP contribution in [-0.4, -0.2) is 24.3 Å². The molecular formula is C16H24BrNO. The van der Waals surface area contributed by atoms with Gasteiger partial charge in [0.05, 0.1) is 6.10 Å². The van der Waals surface area contributed by atoms with E-state index in [-0.39, 0.29) is 6.10 Å². The minimum Gasteiger partial charge on any atom is -0.393 e. The lowest BCUT2D eigenvalue weighted by Gasteiger charge is -2.25. The van der Waals surface area contributed by atoms with E-state index < -0.39 is 0 Å². The Morgan fingerprint density at radius 3 is 2.74 bits per heavy atom. The van der Waals surface area contributed by atoms with Gasteiger partial charge in [-0.1, -0.05) is 22.0 Å². The van der Waals surface area contributed by atoms with Gasteiger partial charge in [-0.15, -0.1) is 0 Å². The first kappa shape index (κ1) is 15.0. The van der Waals surface area contributed by atoms with Crippen molar-refractivity contribution in [2.24, 2.45) is 5.92 Å². The third-order valence-corrected chi connectivity index (χ3v) is 4.62. The number of rotatable bonds is 5. The van der Waals surface area contributed by atoms with E-state index in [0.717, 1.165) is 42.7 Å². The molecule has 106 valence electrons. The Balaban J connectivity index is 1.68. The largest absolute Gasteiger partial charge is 0.393 e. The summed E-state index contributed by atoms with van der Waals surface area (Å²) in [6, 6.07) is 6.48. The molecule has 0 atom stereocenters. The summed E-state index contributed by atoms with van der Waals surface area (Å²) < 4.78 is 1.16. The zero-order chi connectivity index (χ0) is 13.7. The number of hydrogen-bond donors (Lipinski definition) is 2. The average molecular weight is 326 g/mol. The van der Waals surface area contributed by atoms with Crippen molar-refractivity contribution in [3.8, 4) is 0 Å². The van der Waals surface area contributed by atoms with E-state index in [4.69, 9.17) is 0 Å². The van der Waals surface area contributed by atoms with E-state index >= 15 is 0 Å². The zero-order valence-corrected chi connectivity index (χ0v) is 13.2. The number of nitrogens with one attached hydrogen (secondary N) is 1. The van der Waals surface area contributed by atoms with Gasteiger partial charge in [-0.05, 0) is 81.3 Å². The molecular weight excluding hydrogens is 302 g/mol. The lowest BCUT2D eigenvalue weighted by atomic mass is 9.87. The minimum absolute atomic E-state index is 0.0411. The lowest BCUT2D eigenvalue weighted by Crippen LogP contribution is -2.29. The van der Waals surface area contributed by atoms with Gasteiger partial charge >= 0.3 is 0 Å². The van der Waals surface area contributed by atoms with Crippen LogP contribution in [0.4, 0.5) is 0 Å². The molecule has 1 aliphatic rings. The summed E-state index contributed by atoms with van der Waals surface area (Å²) >= 11 is 3.53. The van der Waals surface area contributed by atoms with Crippen LogP contribution >= 0.6 is 15.9 Å². The molecule has 3 heteroatoms. The maximum Gasteiger partial charge on any atom is 0.0540 e. The van der Waals surface area contributed by atoms with E-state index in [1.807, 2.05) is 0 Å². The molecule has 0 aromatic heterocycles. The monoisotopic (exact) mass is 325 g/mol. The van der Waals surface area contributed by atoms with E-state index in [0.29, 0.717) is 0 Å². The number of benzene rings is 1. The molecule has 0 bridgehead atoms. The van der Waals surface area contributed by atoms with Gasteiger partial charge in [0.1, 0.15) is 0 Å². The van der Waals surface area contributed by atoms with Crippen LogP contribution in [0.1, 0.15) is 36.8 Å². The molecule has 2 rings (SSSR count). The molecule has 1 aromatic carbocycles. The molecule has 2 nitrogen and oxygen atoms in total. The highest BCUT2D eigenvalue weighted by Crippen LogP contribution is 2.23. The average Bonchev–Trinajstić information content (AvgIpc) is 2.40. The summed E-state index contributed by atoms with van der Waals surface area (Å²) in [4.78, 5) is 0. The van der Waals surface area contributed by atoms with E-state index in [1.54, 1.807) is 0 Å². The molecule has 0 spiro atoms. The SMILES string of the molecule is Cc1ccc(Br)cc1CCNCC1CCC(O)CC1. The standard InChI is InChI=1S/C16H24BrNO/c1-12-2-5-15(17)10-14(12)8-9-18-11-13-3-6-16(19)7-4-13/h2,5,10,13,16,18-19H,3-4,6-9,11H2,1H3. The van der Waals surface area contributed by atoms with Crippen molar-refractivity contribution in [2.75, 3.05) is 13.1 Å². The van der Waals surface area contributed by atoms with Crippen LogP contribution in [-0.2, 0) is 6.42 Å². The predicted molar refractivity (Wildman–Crippen MR) is 83.4 cm³/mol. The van der Waals surface area contributed by atoms with Crippen molar-refractivity contribution in [2.45, 2.75) is 45.1 Å². The fourth-order valence-corrected chi connectivity index (χ4v) is 3.20. The number of aryl methyl sites for hydroxylation is 1. The highest BCUT2D eigenvalue weighted by atomic mass is 79.9. The smallest absolute Gasteiger partial charge is 0.0540 e. The van der Waals surface area contributed by atoms with Gasteiger partial charge in [0.15, 0.2) is 0 Å². The van der Waals surface area contributed by atoms with Crippen LogP contribution in [0.2, 0.25) is 0 Å². The third kappa shape index (κ3) is 4.90. The van der Waals surface area contributed by atoms with Gasteiger partial charge in [0.2, 0.25) is 0 Å². The number of hydrogen-bond acceptors (Lipinski definition) is 2. The van der Waals surface area contributed by atoms with E-state index in [2.05, 4.69) is 46.4 Å². The molecule has 1 saturated carbocycles. The molecule has 0 amide bonds. The summed E-state index contributed by atoms with van der Waals surface area (Å²) in [5.74, 6) is 0.756. The number of aliphatic hydroxyl groups excluding tert-OH is 1. The lowest BCUT2D eigenvalue weighted by molar-refractivity contribution is 0.108. The van der Waals surface area contributed by atoms with Gasteiger partial charge in [0, 0.05) is 4.47 Å². The second kappa shape index (κ2) is 7.41. The predicted octanol–water partition coefficient (Wildman–Crippen LogP) is 3.44. The van der Waals surface area contributed by atoms with Crippen molar-refractivity contribution in [1.29, 1.82) is 0 Å². The van der Waals surface area contributed by atoms with Crippen molar-refractivity contribution in [3.05, 3.63) is 33.8 Å². The normalized spacial score (nSPS) is 23.5. The summed E-state index contributed by atoms with van der Waals surface area (Å²) in [7, 11) is 0. The fraction of sp³-hybridized carbons (Fsp3) is 0.625. The topological polar surface area (TPSA) is 32.3 Å². The Labute approximate surface area is 124 Å². The third-order valence-electron chi connectivity index (χ3n) is 4.13. The molecule has 1 aliphatic carbocycles. The quantitative estimate of drug-likeness (QED) is 0.813. The minimum atomic E-state index is -0.0411. The summed E-state index contributed by atoms with van der Waals surface area (Å²) in [6.45, 7) is 4.31. The van der Waals surface area contributed by atoms with Crippen LogP contribution in [0, 0.1) is 12.8 Å². The first-order valence-corrected chi connectivity index (χ1v) is 8.08. The van der Waals surface area contributed by atoms with Gasteiger partial charge in [-0.3, -0.25) is 0 Å². The molecule has 19 heavy (non-hydrogen) atoms. The van der Waals surface area contributed by atoms with Crippen LogP contribution < -0.4 is 5.32 Å². The van der Waals surface area contributed by atoms with Gasteiger partial charge < -0.3 is 10.4 Å². The summed E-state index contributed by atoms with van der Waals surface area (Å²) in [5, 5.41) is 13.0. The first-order valence-electron chi connectivity index (χ1n) is 7.29. The van der Waals surface area contributed by atoms with Crippen molar-refractivity contribution < 1.29 is 5.11 Å². The maximum atomic E-state index is 9.48. The molecule has 2 N–H and O–H groups in total. The van der Waals surface area contributed by atoms with Crippen molar-refractivity contribution in [1.82, 2.24) is 5.32 Å². The molecule has 1 fully saturated rings. The second-order valence-corrected chi connectivity index (χ2v) is 6.62. The molecule has 0 radical (unpaired) electrons. The van der Waals surface area contributed by atoms with Gasteiger partial charge in [-0.2, -0.15) is 0 Å². The Bertz CT molecular complexity index is 400. The summed E-state index contributed by atoms with van der Waals surface area (Å²) in [6.07, 6.45) is 5.35. The molecule has 0 unspecified atom stereocenters. The fourth-order valence-electron chi connectivity index (χ4n) is 2.79. The van der Waals surface area contributed by atoms with Gasteiger partial charge in [0.25, 0.3) is 0 Å². The van der Waals surface area contributed by atoms with Crippen LogP contribution in [0.15, 0.2) is 22.7 Å². The van der Waals surface area contributed by atoms with E-state index in [9.17, 15) is 5.11 Å². The summed E-state index contributed by atoms with van der Waals surface area (Å²) in [5.41, 5.74) is 2.78.